The number of hydrogen-bond acceptors (Lipinski definition) is 24. The van der Waals surface area contributed by atoms with Gasteiger partial charge in [-0.3, -0.25) is 42.9 Å². The van der Waals surface area contributed by atoms with Crippen LogP contribution >= 0.6 is 11.8 Å². The third-order valence-corrected chi connectivity index (χ3v) is 9.28. The Balaban J connectivity index is 2.01. The minimum absolute atomic E-state index is 0.0227. The first-order valence-corrected chi connectivity index (χ1v) is 20.4. The predicted octanol–water partition coefficient (Wildman–Crippen LogP) is 0.640. The molecule has 2 heterocycles. The molecule has 10 atom stereocenters. The Labute approximate surface area is 358 Å². The fourth-order valence-corrected chi connectivity index (χ4v) is 7.25. The van der Waals surface area contributed by atoms with Crippen molar-refractivity contribution in [3.05, 3.63) is 29.8 Å². The molecule has 2 saturated heterocycles. The summed E-state index contributed by atoms with van der Waals surface area (Å²) in [5, 5.41) is 3.25. The van der Waals surface area contributed by atoms with Gasteiger partial charge in [-0.1, -0.05) is 29.1 Å². The number of carbonyl (C=O) groups excluding carboxylic acids is 8. The summed E-state index contributed by atoms with van der Waals surface area (Å²) in [6, 6.07) is 5.59. The zero-order chi connectivity index (χ0) is 46.5. The Bertz CT molecular complexity index is 1950. The lowest BCUT2D eigenvalue weighted by Crippen LogP contribution is -2.63. The number of ether oxygens (including phenoxy) is 11. The number of oxime groups is 1. The van der Waals surface area contributed by atoms with Gasteiger partial charge in [0.25, 0.3) is 0 Å². The molecule has 1 aromatic carbocycles. The summed E-state index contributed by atoms with van der Waals surface area (Å²) in [6.07, 6.45) is -13.8. The Morgan fingerprint density at radius 2 is 0.984 bits per heavy atom. The topological polar surface area (TPSA) is 314 Å². The second-order valence-corrected chi connectivity index (χ2v) is 15.4. The van der Waals surface area contributed by atoms with Crippen molar-refractivity contribution in [2.45, 2.75) is 122 Å². The maximum Gasteiger partial charge on any atom is 0.466 e. The first-order valence-electron chi connectivity index (χ1n) is 18.2. The third-order valence-electron chi connectivity index (χ3n) is 7.91. The van der Waals surface area contributed by atoms with Gasteiger partial charge in [0.1, 0.15) is 41.7 Å². The Morgan fingerprint density at radius 3 is 1.42 bits per heavy atom. The number of thioether (sulfide) groups is 1. The highest BCUT2D eigenvalue weighted by molar-refractivity contribution is 8.14. The number of benzene rings is 1. The molecule has 2 aliphatic heterocycles. The third kappa shape index (κ3) is 16.7. The first kappa shape index (κ1) is 50.8. The molecule has 344 valence electrons. The van der Waals surface area contributed by atoms with Crippen LogP contribution in [0.2, 0.25) is 0 Å². The van der Waals surface area contributed by atoms with Gasteiger partial charge in [-0.25, -0.2) is 4.28 Å². The van der Waals surface area contributed by atoms with E-state index in [1.165, 1.54) is 24.3 Å². The van der Waals surface area contributed by atoms with Crippen molar-refractivity contribution < 1.29 is 108 Å². The molecule has 0 aromatic heterocycles. The summed E-state index contributed by atoms with van der Waals surface area (Å²) in [7, 11) is -5.20. The van der Waals surface area contributed by atoms with E-state index < -0.39 is 132 Å². The van der Waals surface area contributed by atoms with Gasteiger partial charge >= 0.3 is 58.2 Å². The van der Waals surface area contributed by atoms with Crippen LogP contribution < -0.4 is 4.74 Å². The number of rotatable bonds is 17. The molecular weight excluding hydrogens is 879 g/mol. The van der Waals surface area contributed by atoms with Gasteiger partial charge in [0.2, 0.25) is 12.4 Å². The molecule has 2 fully saturated rings. The molecule has 0 spiro atoms. The van der Waals surface area contributed by atoms with Crippen LogP contribution in [-0.2, 0) is 107 Å². The quantitative estimate of drug-likeness (QED) is 0.0559. The van der Waals surface area contributed by atoms with E-state index in [-0.39, 0.29) is 17.2 Å². The second-order valence-electron chi connectivity index (χ2n) is 13.2. The van der Waals surface area contributed by atoms with Crippen LogP contribution in [0, 0.1) is 0 Å². The van der Waals surface area contributed by atoms with Crippen LogP contribution in [0.3, 0.4) is 0 Å². The van der Waals surface area contributed by atoms with Crippen LogP contribution in [0.1, 0.15) is 61.0 Å². The molecular formula is C36H45NO23S2. The molecule has 24 nitrogen and oxygen atoms in total. The van der Waals surface area contributed by atoms with E-state index in [0.717, 1.165) is 55.4 Å². The molecule has 62 heavy (non-hydrogen) atoms. The molecule has 0 aliphatic carbocycles. The summed E-state index contributed by atoms with van der Waals surface area (Å²) < 4.78 is 97.5. The van der Waals surface area contributed by atoms with Gasteiger partial charge in [0, 0.05) is 61.8 Å². The lowest BCUT2D eigenvalue weighted by atomic mass is 9.98. The summed E-state index contributed by atoms with van der Waals surface area (Å²) in [5.74, 6) is -6.74. The fourth-order valence-electron chi connectivity index (χ4n) is 5.88. The maximum absolute atomic E-state index is 12.3. The summed E-state index contributed by atoms with van der Waals surface area (Å²) in [6.45, 7) is 7.34. The van der Waals surface area contributed by atoms with Crippen molar-refractivity contribution >= 4 is 75.0 Å². The van der Waals surface area contributed by atoms with Crippen molar-refractivity contribution in [3.8, 4) is 5.75 Å². The Kier molecular flexibility index (Phi) is 18.9. The van der Waals surface area contributed by atoms with Gasteiger partial charge in [-0.15, -0.1) is 0 Å². The number of carbonyl (C=O) groups is 8. The fraction of sp³-hybridized carbons (Fsp3) is 0.583. The SMILES string of the molecule is CC(=O)OC[C@H]1O[C@H](Oc2ccc(C/C(=N/OS(=O)(=O)O)S[C@@H]3O[C@H](COC(C)=O)[C@@H](OC(C)=O)[C@H](OC(C)=O)[C@H]3OC(C)=O)cc2)[C@@H](OC(C)=O)[C@@H](OC(C)=O)[C@@H]1OC(C)=O. The molecule has 0 unspecified atom stereocenters. The highest BCUT2D eigenvalue weighted by atomic mass is 32.3. The van der Waals surface area contributed by atoms with E-state index in [9.17, 15) is 51.3 Å². The van der Waals surface area contributed by atoms with Crippen molar-refractivity contribution in [1.82, 2.24) is 0 Å². The van der Waals surface area contributed by atoms with E-state index >= 15 is 0 Å². The average Bonchev–Trinajstić information content (AvgIpc) is 3.13. The summed E-state index contributed by atoms with van der Waals surface area (Å²) >= 11 is 0.561. The molecule has 0 bridgehead atoms. The lowest BCUT2D eigenvalue weighted by molar-refractivity contribution is -0.288. The molecule has 1 aromatic rings. The standard InChI is InChI=1S/C36H45NO23S2/c1-16(38)49-14-26-29(51-18(3)40)31(53-20(5)42)33(55-22(7)44)35(58-26)57-25-11-9-24(10-12-25)13-28(37-60-62(46,47)48)61-36-34(56-23(8)45)32(54-21(6)43)30(52-19(4)41)27(59-36)15-50-17(2)39/h9-12,26-27,29-36H,13-15H2,1-8H3,(H,46,47,48)/b37-28-/t26-,27-,29-,30-,31+,32+,33+,34-,35+,36+/m1/s1. The first-order chi connectivity index (χ1) is 28.9. The van der Waals surface area contributed by atoms with Gasteiger partial charge in [-0.05, 0) is 17.7 Å². The largest absolute Gasteiger partial charge is 0.466 e. The molecule has 0 amide bonds. The minimum Gasteiger partial charge on any atom is -0.463 e. The van der Waals surface area contributed by atoms with E-state index in [2.05, 4.69) is 9.44 Å². The van der Waals surface area contributed by atoms with Crippen molar-refractivity contribution in [2.24, 2.45) is 5.16 Å². The van der Waals surface area contributed by atoms with Gasteiger partial charge < -0.3 is 52.1 Å². The zero-order valence-electron chi connectivity index (χ0n) is 34.4. The van der Waals surface area contributed by atoms with Crippen LogP contribution in [0.4, 0.5) is 0 Å². The van der Waals surface area contributed by atoms with Crippen LogP contribution in [0.25, 0.3) is 0 Å². The second kappa shape index (κ2) is 23.0. The normalized spacial score (nSPS) is 26.0. The Hall–Kier alpha value is -5.57. The highest BCUT2D eigenvalue weighted by Gasteiger charge is 2.54. The lowest BCUT2D eigenvalue weighted by Gasteiger charge is -2.44. The summed E-state index contributed by atoms with van der Waals surface area (Å²) in [4.78, 5) is 96.6. The predicted molar refractivity (Wildman–Crippen MR) is 202 cm³/mol. The van der Waals surface area contributed by atoms with Crippen LogP contribution in [-0.4, -0.2) is 140 Å². The molecule has 0 radical (unpaired) electrons. The average molecular weight is 924 g/mol. The van der Waals surface area contributed by atoms with E-state index in [0.29, 0.717) is 17.3 Å². The monoisotopic (exact) mass is 923 g/mol. The highest BCUT2D eigenvalue weighted by Crippen LogP contribution is 2.36. The molecule has 0 saturated carbocycles. The molecule has 2 aliphatic rings. The van der Waals surface area contributed by atoms with E-state index in [1.54, 1.807) is 0 Å². The van der Waals surface area contributed by atoms with Crippen LogP contribution in [0.5, 0.6) is 5.75 Å². The molecule has 1 N–H and O–H groups in total. The van der Waals surface area contributed by atoms with Crippen LogP contribution in [0.15, 0.2) is 29.4 Å². The summed E-state index contributed by atoms with van der Waals surface area (Å²) in [5.41, 5.74) is -1.15. The smallest absolute Gasteiger partial charge is 0.463 e. The molecule has 3 rings (SSSR count). The van der Waals surface area contributed by atoms with Gasteiger partial charge in [0.05, 0.1) is 0 Å². The number of hydrogen-bond donors (Lipinski definition) is 1. The van der Waals surface area contributed by atoms with Gasteiger partial charge in [-0.2, -0.15) is 8.42 Å². The molecule has 26 heteroatoms. The van der Waals surface area contributed by atoms with Crippen molar-refractivity contribution in [1.29, 1.82) is 0 Å². The van der Waals surface area contributed by atoms with Crippen molar-refractivity contribution in [3.63, 3.8) is 0 Å². The van der Waals surface area contributed by atoms with E-state index in [1.807, 2.05) is 0 Å². The van der Waals surface area contributed by atoms with Crippen molar-refractivity contribution in [2.75, 3.05) is 13.2 Å². The maximum atomic E-state index is 12.3. The minimum atomic E-state index is -5.20. The van der Waals surface area contributed by atoms with Gasteiger partial charge in [0.15, 0.2) is 30.5 Å². The Morgan fingerprint density at radius 1 is 0.581 bits per heavy atom. The zero-order valence-corrected chi connectivity index (χ0v) is 36.0. The van der Waals surface area contributed by atoms with E-state index in [4.69, 9.17) is 52.1 Å². The number of esters is 8. The number of nitrogens with zero attached hydrogens (tertiary/aromatic N) is 1.